The minimum Gasteiger partial charge on any atom is -0.464 e. The van der Waals surface area contributed by atoms with E-state index in [1.54, 1.807) is 31.2 Å². The van der Waals surface area contributed by atoms with E-state index in [0.717, 1.165) is 25.7 Å². The zero-order chi connectivity index (χ0) is 24.4. The number of aryl methyl sites for hydroxylation is 1. The van der Waals surface area contributed by atoms with Crippen molar-refractivity contribution in [3.8, 4) is 0 Å². The van der Waals surface area contributed by atoms with Gasteiger partial charge in [-0.15, -0.1) is 5.10 Å². The monoisotopic (exact) mass is 475 g/mol. The average molecular weight is 476 g/mol. The summed E-state index contributed by atoms with van der Waals surface area (Å²) in [5.41, 5.74) is 1.58. The van der Waals surface area contributed by atoms with Crippen LogP contribution in [0, 0.1) is 12.7 Å². The molecule has 4 aromatic rings. The molecule has 1 atom stereocenters. The van der Waals surface area contributed by atoms with E-state index in [-0.39, 0.29) is 24.2 Å². The maximum Gasteiger partial charge on any atom is 0.251 e. The smallest absolute Gasteiger partial charge is 0.251 e. The molecule has 1 fully saturated rings. The standard InChI is InChI=1S/C26H26FN5O3/c1-17-13-14-23(35-17)25(26(34)28-19-8-2-3-9-19)32(20-10-6-7-18(27)15-20)24(33)16-31-22-12-5-4-11-21(22)29-30-31/h4-7,10-15,19,25H,2-3,8-9,16H2,1H3,(H,28,34)/t25-/m1/s1. The maximum absolute atomic E-state index is 14.3. The molecular weight excluding hydrogens is 449 g/mol. The molecule has 180 valence electrons. The summed E-state index contributed by atoms with van der Waals surface area (Å²) in [6.07, 6.45) is 3.85. The zero-order valence-corrected chi connectivity index (χ0v) is 19.4. The highest BCUT2D eigenvalue weighted by molar-refractivity contribution is 6.01. The molecule has 9 heteroatoms. The predicted molar refractivity (Wildman–Crippen MR) is 128 cm³/mol. The van der Waals surface area contributed by atoms with Crippen molar-refractivity contribution in [3.63, 3.8) is 0 Å². The Labute approximate surface area is 201 Å². The lowest BCUT2D eigenvalue weighted by molar-refractivity contribution is -0.127. The quantitative estimate of drug-likeness (QED) is 0.430. The number of aromatic nitrogens is 3. The fourth-order valence-corrected chi connectivity index (χ4v) is 4.63. The van der Waals surface area contributed by atoms with Gasteiger partial charge in [0.2, 0.25) is 5.91 Å². The first-order valence-corrected chi connectivity index (χ1v) is 11.7. The fraction of sp³-hybridized carbons (Fsp3) is 0.308. The molecule has 1 aliphatic rings. The van der Waals surface area contributed by atoms with Crippen LogP contribution in [0.4, 0.5) is 10.1 Å². The normalized spacial score (nSPS) is 14.8. The number of halogens is 1. The van der Waals surface area contributed by atoms with Crippen LogP contribution in [0.25, 0.3) is 11.0 Å². The number of fused-ring (bicyclic) bond motifs is 1. The Morgan fingerprint density at radius 2 is 1.94 bits per heavy atom. The Hall–Kier alpha value is -4.01. The van der Waals surface area contributed by atoms with Gasteiger partial charge in [-0.05, 0) is 62.2 Å². The molecule has 1 saturated carbocycles. The summed E-state index contributed by atoms with van der Waals surface area (Å²) >= 11 is 0. The topological polar surface area (TPSA) is 93.3 Å². The number of anilines is 1. The summed E-state index contributed by atoms with van der Waals surface area (Å²) < 4.78 is 21.6. The van der Waals surface area contributed by atoms with Gasteiger partial charge in [-0.3, -0.25) is 14.5 Å². The molecule has 2 amide bonds. The highest BCUT2D eigenvalue weighted by atomic mass is 19.1. The molecule has 35 heavy (non-hydrogen) atoms. The molecular formula is C26H26FN5O3. The first-order chi connectivity index (χ1) is 17.0. The van der Waals surface area contributed by atoms with Gasteiger partial charge in [-0.2, -0.15) is 0 Å². The first kappa shape index (κ1) is 22.8. The molecule has 5 rings (SSSR count). The largest absolute Gasteiger partial charge is 0.464 e. The molecule has 8 nitrogen and oxygen atoms in total. The Bertz CT molecular complexity index is 1360. The van der Waals surface area contributed by atoms with E-state index in [0.29, 0.717) is 22.6 Å². The number of hydrogen-bond donors (Lipinski definition) is 1. The molecule has 0 radical (unpaired) electrons. The molecule has 0 saturated heterocycles. The van der Waals surface area contributed by atoms with Crippen LogP contribution in [0.2, 0.25) is 0 Å². The number of nitrogens with one attached hydrogen (secondary N) is 1. The highest BCUT2D eigenvalue weighted by Gasteiger charge is 2.37. The van der Waals surface area contributed by atoms with E-state index in [9.17, 15) is 14.0 Å². The van der Waals surface area contributed by atoms with Gasteiger partial charge in [-0.25, -0.2) is 9.07 Å². The van der Waals surface area contributed by atoms with Gasteiger partial charge in [0.05, 0.1) is 5.52 Å². The van der Waals surface area contributed by atoms with Gasteiger partial charge in [0.15, 0.2) is 6.04 Å². The van der Waals surface area contributed by atoms with Gasteiger partial charge >= 0.3 is 0 Å². The van der Waals surface area contributed by atoms with Gasteiger partial charge in [0, 0.05) is 11.7 Å². The molecule has 1 aliphatic carbocycles. The van der Waals surface area contributed by atoms with E-state index < -0.39 is 17.8 Å². The minimum atomic E-state index is -1.12. The van der Waals surface area contributed by atoms with Crippen LogP contribution in [0.3, 0.4) is 0 Å². The molecule has 2 heterocycles. The van der Waals surface area contributed by atoms with Crippen LogP contribution in [-0.4, -0.2) is 32.9 Å². The van der Waals surface area contributed by atoms with E-state index >= 15 is 0 Å². The maximum atomic E-state index is 14.3. The van der Waals surface area contributed by atoms with Crippen LogP contribution in [0.1, 0.15) is 43.2 Å². The second kappa shape index (κ2) is 9.69. The van der Waals surface area contributed by atoms with Crippen molar-refractivity contribution in [1.82, 2.24) is 20.3 Å². The predicted octanol–water partition coefficient (Wildman–Crippen LogP) is 4.31. The molecule has 0 bridgehead atoms. The van der Waals surface area contributed by atoms with Crippen molar-refractivity contribution in [2.75, 3.05) is 4.90 Å². The Morgan fingerprint density at radius 1 is 1.14 bits per heavy atom. The lowest BCUT2D eigenvalue weighted by atomic mass is 10.1. The third kappa shape index (κ3) is 4.80. The van der Waals surface area contributed by atoms with Gasteiger partial charge < -0.3 is 9.73 Å². The van der Waals surface area contributed by atoms with Crippen molar-refractivity contribution < 1.29 is 18.4 Å². The van der Waals surface area contributed by atoms with Gasteiger partial charge in [-0.1, -0.05) is 36.3 Å². The number of carbonyl (C=O) groups is 2. The number of furan rings is 1. The third-order valence-corrected chi connectivity index (χ3v) is 6.30. The lowest BCUT2D eigenvalue weighted by Crippen LogP contribution is -2.47. The third-order valence-electron chi connectivity index (χ3n) is 6.30. The average Bonchev–Trinajstić information content (AvgIpc) is 3.59. The van der Waals surface area contributed by atoms with Gasteiger partial charge in [0.25, 0.3) is 5.91 Å². The van der Waals surface area contributed by atoms with E-state index in [2.05, 4.69) is 15.6 Å². The molecule has 0 unspecified atom stereocenters. The Kier molecular flexibility index (Phi) is 6.31. The number of nitrogens with zero attached hydrogens (tertiary/aromatic N) is 4. The van der Waals surface area contributed by atoms with Crippen molar-refractivity contribution in [2.45, 2.75) is 51.2 Å². The Balaban J connectivity index is 1.56. The first-order valence-electron chi connectivity index (χ1n) is 11.7. The van der Waals surface area contributed by atoms with Crippen LogP contribution < -0.4 is 10.2 Å². The summed E-state index contributed by atoms with van der Waals surface area (Å²) in [6, 6.07) is 15.3. The minimum absolute atomic E-state index is 0.0322. The van der Waals surface area contributed by atoms with E-state index in [1.165, 1.54) is 27.8 Å². The second-order valence-electron chi connectivity index (χ2n) is 8.82. The summed E-state index contributed by atoms with van der Waals surface area (Å²) in [4.78, 5) is 28.8. The van der Waals surface area contributed by atoms with Crippen LogP contribution in [-0.2, 0) is 16.1 Å². The number of amides is 2. The number of hydrogen-bond acceptors (Lipinski definition) is 5. The lowest BCUT2D eigenvalue weighted by Gasteiger charge is -2.31. The van der Waals surface area contributed by atoms with Crippen molar-refractivity contribution in [2.24, 2.45) is 0 Å². The molecule has 0 spiro atoms. The van der Waals surface area contributed by atoms with E-state index in [4.69, 9.17) is 4.42 Å². The second-order valence-corrected chi connectivity index (χ2v) is 8.82. The van der Waals surface area contributed by atoms with Crippen LogP contribution in [0.15, 0.2) is 65.1 Å². The number of para-hydroxylation sites is 1. The molecule has 2 aromatic heterocycles. The van der Waals surface area contributed by atoms with Crippen molar-refractivity contribution >= 4 is 28.5 Å². The van der Waals surface area contributed by atoms with Crippen molar-refractivity contribution in [1.29, 1.82) is 0 Å². The summed E-state index contributed by atoms with van der Waals surface area (Å²) in [6.45, 7) is 1.58. The summed E-state index contributed by atoms with van der Waals surface area (Å²) in [5, 5.41) is 11.3. The molecule has 2 aromatic carbocycles. The highest BCUT2D eigenvalue weighted by Crippen LogP contribution is 2.31. The summed E-state index contributed by atoms with van der Waals surface area (Å²) in [5.74, 6) is -0.428. The number of carbonyl (C=O) groups excluding carboxylic acids is 2. The van der Waals surface area contributed by atoms with E-state index in [1.807, 2.05) is 18.2 Å². The van der Waals surface area contributed by atoms with Crippen LogP contribution >= 0.6 is 0 Å². The van der Waals surface area contributed by atoms with Gasteiger partial charge in [0.1, 0.15) is 29.4 Å². The number of benzene rings is 2. The molecule has 0 aliphatic heterocycles. The SMILES string of the molecule is Cc1ccc([C@H](C(=O)NC2CCCC2)N(C(=O)Cn2nnc3ccccc32)c2cccc(F)c2)o1. The number of rotatable bonds is 7. The molecule has 1 N–H and O–H groups in total. The fourth-order valence-electron chi connectivity index (χ4n) is 4.63. The Morgan fingerprint density at radius 3 is 2.69 bits per heavy atom. The van der Waals surface area contributed by atoms with Crippen LogP contribution in [0.5, 0.6) is 0 Å². The van der Waals surface area contributed by atoms with Crippen molar-refractivity contribution in [3.05, 3.63) is 78.0 Å². The summed E-state index contributed by atoms with van der Waals surface area (Å²) in [7, 11) is 0. The zero-order valence-electron chi connectivity index (χ0n) is 19.4.